The van der Waals surface area contributed by atoms with Crippen molar-refractivity contribution in [2.75, 3.05) is 0 Å². The van der Waals surface area contributed by atoms with Gasteiger partial charge in [0.05, 0.1) is 12.0 Å². The number of nitrogens with one attached hydrogen (secondary N) is 1. The van der Waals surface area contributed by atoms with Crippen LogP contribution in [0.4, 0.5) is 0 Å². The minimum Gasteiger partial charge on any atom is -0.380 e. The van der Waals surface area contributed by atoms with Crippen LogP contribution in [0.25, 0.3) is 0 Å². The van der Waals surface area contributed by atoms with Gasteiger partial charge in [-0.2, -0.15) is 0 Å². The minimum atomic E-state index is -4.42. The third kappa shape index (κ3) is 2.63. The van der Waals surface area contributed by atoms with Crippen molar-refractivity contribution in [3.05, 3.63) is 17.7 Å². The van der Waals surface area contributed by atoms with E-state index < -0.39 is 13.4 Å². The highest BCUT2D eigenvalue weighted by Gasteiger charge is 2.27. The van der Waals surface area contributed by atoms with Crippen LogP contribution in [0.2, 0.25) is 0 Å². The van der Waals surface area contributed by atoms with Crippen molar-refractivity contribution in [3.8, 4) is 0 Å². The number of rotatable bonds is 3. The van der Waals surface area contributed by atoms with Gasteiger partial charge in [-0.25, -0.2) is 4.98 Å². The van der Waals surface area contributed by atoms with E-state index in [0.29, 0.717) is 11.4 Å². The van der Waals surface area contributed by atoms with E-state index in [1.54, 1.807) is 6.92 Å². The number of aryl methyl sites for hydroxylation is 1. The molecule has 0 aliphatic heterocycles. The van der Waals surface area contributed by atoms with Gasteiger partial charge in [0, 0.05) is 12.1 Å². The van der Waals surface area contributed by atoms with Crippen LogP contribution in [0.5, 0.6) is 0 Å². The van der Waals surface area contributed by atoms with Crippen LogP contribution >= 0.6 is 7.60 Å². The van der Waals surface area contributed by atoms with Crippen molar-refractivity contribution in [2.24, 2.45) is 0 Å². The summed E-state index contributed by atoms with van der Waals surface area (Å²) in [6.45, 7) is 1.72. The number of imidazole rings is 1. The Morgan fingerprint density at radius 3 is 2.69 bits per heavy atom. The zero-order valence-electron chi connectivity index (χ0n) is 7.01. The Morgan fingerprint density at radius 2 is 2.31 bits per heavy atom. The van der Waals surface area contributed by atoms with Gasteiger partial charge < -0.3 is 19.9 Å². The number of aromatic amines is 1. The minimum absolute atomic E-state index is 0.139. The molecule has 1 rings (SSSR count). The summed E-state index contributed by atoms with van der Waals surface area (Å²) in [7, 11) is -4.42. The largest absolute Gasteiger partial charge is 0.380 e. The van der Waals surface area contributed by atoms with Gasteiger partial charge in [-0.15, -0.1) is 0 Å². The number of aromatic nitrogens is 2. The molecule has 0 bridgehead atoms. The molecule has 1 heterocycles. The molecule has 0 aliphatic carbocycles. The Hall–Kier alpha value is -0.680. The van der Waals surface area contributed by atoms with Gasteiger partial charge in [0.1, 0.15) is 0 Å². The average Bonchev–Trinajstić information content (AvgIpc) is 2.34. The molecular formula is C6H11N2O4P. The van der Waals surface area contributed by atoms with Gasteiger partial charge in [0.15, 0.2) is 5.85 Å². The lowest BCUT2D eigenvalue weighted by atomic mass is 10.3. The van der Waals surface area contributed by atoms with Crippen LogP contribution in [-0.2, 0) is 11.0 Å². The Morgan fingerprint density at radius 1 is 1.69 bits per heavy atom. The van der Waals surface area contributed by atoms with Gasteiger partial charge in [0.2, 0.25) is 0 Å². The molecule has 1 unspecified atom stereocenters. The molecule has 7 heteroatoms. The highest BCUT2D eigenvalue weighted by Crippen LogP contribution is 2.40. The maximum Gasteiger partial charge on any atom is 0.354 e. The van der Waals surface area contributed by atoms with Crippen molar-refractivity contribution in [2.45, 2.75) is 19.2 Å². The van der Waals surface area contributed by atoms with Crippen molar-refractivity contribution in [1.82, 2.24) is 9.97 Å². The second kappa shape index (κ2) is 3.59. The number of H-pyrrole nitrogens is 1. The standard InChI is InChI=1S/C6H11N2O4P/c1-4-5(8-3-7-4)2-6(9)13(10,11)12/h3,6,9H,2H2,1H3,(H,7,8)(H2,10,11,12). The summed E-state index contributed by atoms with van der Waals surface area (Å²) < 4.78 is 10.6. The number of hydrogen-bond donors (Lipinski definition) is 4. The molecule has 0 saturated heterocycles. The first-order chi connectivity index (χ1) is 5.91. The number of aliphatic hydroxyl groups is 1. The van der Waals surface area contributed by atoms with E-state index in [-0.39, 0.29) is 6.42 Å². The van der Waals surface area contributed by atoms with E-state index in [0.717, 1.165) is 0 Å². The molecule has 1 aromatic rings. The first-order valence-corrected chi connectivity index (χ1v) is 5.31. The van der Waals surface area contributed by atoms with Gasteiger partial charge >= 0.3 is 7.60 Å². The number of nitrogens with zero attached hydrogens (tertiary/aromatic N) is 1. The quantitative estimate of drug-likeness (QED) is 0.510. The van der Waals surface area contributed by atoms with Gasteiger partial charge in [-0.05, 0) is 6.92 Å². The Balaban J connectivity index is 2.71. The Bertz CT molecular complexity index is 331. The third-order valence-electron chi connectivity index (χ3n) is 1.70. The number of aliphatic hydroxyl groups excluding tert-OH is 1. The summed E-state index contributed by atoms with van der Waals surface area (Å²) >= 11 is 0. The third-order valence-corrected chi connectivity index (χ3v) is 2.66. The lowest BCUT2D eigenvalue weighted by molar-refractivity contribution is 0.201. The summed E-state index contributed by atoms with van der Waals surface area (Å²) in [5, 5.41) is 9.06. The first-order valence-electron chi connectivity index (χ1n) is 3.63. The van der Waals surface area contributed by atoms with E-state index in [1.807, 2.05) is 0 Å². The molecule has 0 aliphatic rings. The van der Waals surface area contributed by atoms with Gasteiger partial charge in [0.25, 0.3) is 0 Å². The fourth-order valence-electron chi connectivity index (χ4n) is 0.885. The summed E-state index contributed by atoms with van der Waals surface area (Å²) in [6.07, 6.45) is 1.27. The number of hydrogen-bond acceptors (Lipinski definition) is 3. The smallest absolute Gasteiger partial charge is 0.354 e. The fourth-order valence-corrected chi connectivity index (χ4v) is 1.30. The summed E-state index contributed by atoms with van der Waals surface area (Å²) in [5.74, 6) is -1.67. The molecule has 6 nitrogen and oxygen atoms in total. The lowest BCUT2D eigenvalue weighted by Crippen LogP contribution is -2.11. The normalized spacial score (nSPS) is 14.5. The summed E-state index contributed by atoms with van der Waals surface area (Å²) in [6, 6.07) is 0. The van der Waals surface area contributed by atoms with E-state index in [1.165, 1.54) is 6.33 Å². The van der Waals surface area contributed by atoms with E-state index in [4.69, 9.17) is 14.9 Å². The summed E-state index contributed by atoms with van der Waals surface area (Å²) in [4.78, 5) is 23.8. The second-order valence-corrected chi connectivity index (χ2v) is 4.52. The molecule has 0 radical (unpaired) electrons. The average molecular weight is 206 g/mol. The van der Waals surface area contributed by atoms with E-state index in [2.05, 4.69) is 9.97 Å². The molecular weight excluding hydrogens is 195 g/mol. The van der Waals surface area contributed by atoms with Gasteiger partial charge in [-0.1, -0.05) is 0 Å². The zero-order valence-corrected chi connectivity index (χ0v) is 7.90. The van der Waals surface area contributed by atoms with Gasteiger partial charge in [-0.3, -0.25) is 4.57 Å². The Labute approximate surface area is 74.8 Å². The topological polar surface area (TPSA) is 106 Å². The Kier molecular flexibility index (Phi) is 2.87. The van der Waals surface area contributed by atoms with Crippen LogP contribution in [0.3, 0.4) is 0 Å². The zero-order chi connectivity index (χ0) is 10.1. The lowest BCUT2D eigenvalue weighted by Gasteiger charge is -2.10. The highest BCUT2D eigenvalue weighted by molar-refractivity contribution is 7.52. The molecule has 0 spiro atoms. The van der Waals surface area contributed by atoms with Crippen molar-refractivity contribution in [1.29, 1.82) is 0 Å². The predicted molar refractivity (Wildman–Crippen MR) is 45.1 cm³/mol. The fraction of sp³-hybridized carbons (Fsp3) is 0.500. The molecule has 0 amide bonds. The molecule has 0 aromatic carbocycles. The van der Waals surface area contributed by atoms with Crippen molar-refractivity contribution >= 4 is 7.60 Å². The molecule has 0 fully saturated rings. The van der Waals surface area contributed by atoms with Crippen LogP contribution in [0.1, 0.15) is 11.4 Å². The molecule has 0 saturated carbocycles. The summed E-state index contributed by atoms with van der Waals surface area (Å²) in [5.41, 5.74) is 1.17. The molecule has 1 atom stereocenters. The van der Waals surface area contributed by atoms with Crippen LogP contribution in [0.15, 0.2) is 6.33 Å². The van der Waals surface area contributed by atoms with Crippen LogP contribution in [-0.4, -0.2) is 30.7 Å². The molecule has 13 heavy (non-hydrogen) atoms. The molecule has 1 aromatic heterocycles. The van der Waals surface area contributed by atoms with Crippen molar-refractivity contribution in [3.63, 3.8) is 0 Å². The molecule has 74 valence electrons. The first kappa shape index (κ1) is 10.4. The maximum absolute atomic E-state index is 10.6. The maximum atomic E-state index is 10.6. The van der Waals surface area contributed by atoms with E-state index >= 15 is 0 Å². The molecule has 4 N–H and O–H groups in total. The van der Waals surface area contributed by atoms with Crippen LogP contribution < -0.4 is 0 Å². The monoisotopic (exact) mass is 206 g/mol. The van der Waals surface area contributed by atoms with E-state index in [9.17, 15) is 4.57 Å². The predicted octanol–water partition coefficient (Wildman–Crippen LogP) is -0.243. The van der Waals surface area contributed by atoms with Crippen LogP contribution in [0, 0.1) is 6.92 Å². The highest BCUT2D eigenvalue weighted by atomic mass is 31.2. The second-order valence-electron chi connectivity index (χ2n) is 2.75. The van der Waals surface area contributed by atoms with Crippen molar-refractivity contribution < 1.29 is 19.5 Å². The SMILES string of the molecule is Cc1[nH]cnc1CC(O)P(=O)(O)O.